The summed E-state index contributed by atoms with van der Waals surface area (Å²) in [6.45, 7) is 6.79. The van der Waals surface area contributed by atoms with Gasteiger partial charge in [-0.1, -0.05) is 25.5 Å². The van der Waals surface area contributed by atoms with E-state index in [0.717, 1.165) is 17.4 Å². The third kappa shape index (κ3) is 3.17. The van der Waals surface area contributed by atoms with Crippen LogP contribution in [0.4, 0.5) is 0 Å². The summed E-state index contributed by atoms with van der Waals surface area (Å²) in [7, 11) is 0. The molecule has 3 N–H and O–H groups in total. The third-order valence-corrected chi connectivity index (χ3v) is 3.51. The number of hydrogen-bond donors (Lipinski definition) is 2. The van der Waals surface area contributed by atoms with Crippen LogP contribution in [0.15, 0.2) is 28.7 Å². The minimum atomic E-state index is -0.625. The van der Waals surface area contributed by atoms with E-state index in [1.54, 1.807) is 0 Å². The minimum Gasteiger partial charge on any atom is -0.458 e. The van der Waals surface area contributed by atoms with Crippen molar-refractivity contribution in [1.29, 1.82) is 0 Å². The van der Waals surface area contributed by atoms with Crippen molar-refractivity contribution < 1.29 is 9.52 Å². The molecule has 0 aliphatic heterocycles. The summed E-state index contributed by atoms with van der Waals surface area (Å²) in [5.74, 6) is 1.17. The largest absolute Gasteiger partial charge is 0.458 e. The third-order valence-electron chi connectivity index (χ3n) is 3.51. The van der Waals surface area contributed by atoms with Gasteiger partial charge in [-0.2, -0.15) is 0 Å². The zero-order valence-corrected chi connectivity index (χ0v) is 11.9. The van der Waals surface area contributed by atoms with Gasteiger partial charge in [0, 0.05) is 11.3 Å². The second-order valence-electron chi connectivity index (χ2n) is 5.76. The fourth-order valence-corrected chi connectivity index (χ4v) is 2.52. The van der Waals surface area contributed by atoms with Gasteiger partial charge in [-0.25, -0.2) is 0 Å². The Morgan fingerprint density at radius 2 is 2.00 bits per heavy atom. The summed E-state index contributed by atoms with van der Waals surface area (Å²) in [4.78, 5) is 0. The molecule has 0 aliphatic rings. The van der Waals surface area contributed by atoms with E-state index in [4.69, 9.17) is 10.2 Å². The van der Waals surface area contributed by atoms with E-state index in [9.17, 15) is 5.11 Å². The van der Waals surface area contributed by atoms with Gasteiger partial charge >= 0.3 is 0 Å². The van der Waals surface area contributed by atoms with E-state index in [1.807, 2.05) is 25.1 Å². The van der Waals surface area contributed by atoms with Crippen molar-refractivity contribution in [2.24, 2.45) is 17.6 Å². The maximum Gasteiger partial charge on any atom is 0.134 e. The van der Waals surface area contributed by atoms with Crippen molar-refractivity contribution in [3.63, 3.8) is 0 Å². The van der Waals surface area contributed by atoms with E-state index in [1.165, 1.54) is 5.56 Å². The van der Waals surface area contributed by atoms with Crippen LogP contribution in [0.2, 0.25) is 0 Å². The number of nitrogens with two attached hydrogens (primary N) is 1. The van der Waals surface area contributed by atoms with Gasteiger partial charge in [-0.3, -0.25) is 0 Å². The molecule has 0 saturated heterocycles. The van der Waals surface area contributed by atoms with Crippen LogP contribution in [-0.4, -0.2) is 11.7 Å². The smallest absolute Gasteiger partial charge is 0.134 e. The van der Waals surface area contributed by atoms with Crippen LogP contribution in [0, 0.1) is 18.8 Å². The van der Waals surface area contributed by atoms with Crippen molar-refractivity contribution in [2.45, 2.75) is 33.3 Å². The molecule has 2 rings (SSSR count). The van der Waals surface area contributed by atoms with Crippen molar-refractivity contribution >= 4 is 11.0 Å². The number of fused-ring (bicyclic) bond motifs is 1. The molecule has 1 aromatic heterocycles. The van der Waals surface area contributed by atoms with Crippen LogP contribution in [0.3, 0.4) is 0 Å². The van der Waals surface area contributed by atoms with E-state index in [-0.39, 0.29) is 5.92 Å². The number of aliphatic hydroxyl groups is 1. The van der Waals surface area contributed by atoms with Crippen LogP contribution in [-0.2, 0) is 0 Å². The summed E-state index contributed by atoms with van der Waals surface area (Å²) in [6.07, 6.45) is 0.272. The Kier molecular flexibility index (Phi) is 4.27. The average Bonchev–Trinajstić information content (AvgIpc) is 2.77. The molecule has 2 atom stereocenters. The molecule has 3 nitrogen and oxygen atoms in total. The Hall–Kier alpha value is -1.32. The van der Waals surface area contributed by atoms with E-state index in [2.05, 4.69) is 19.9 Å². The lowest BCUT2D eigenvalue weighted by Gasteiger charge is -2.21. The number of rotatable bonds is 5. The second-order valence-corrected chi connectivity index (χ2v) is 5.76. The maximum atomic E-state index is 10.4. The molecule has 104 valence electrons. The summed E-state index contributed by atoms with van der Waals surface area (Å²) in [6, 6.07) is 7.95. The minimum absolute atomic E-state index is 0.0432. The van der Waals surface area contributed by atoms with Crippen molar-refractivity contribution in [3.05, 3.63) is 35.6 Å². The molecule has 0 amide bonds. The van der Waals surface area contributed by atoms with Crippen molar-refractivity contribution in [2.75, 3.05) is 6.54 Å². The molecule has 0 fully saturated rings. The monoisotopic (exact) mass is 261 g/mol. The Bertz CT molecular complexity index is 545. The van der Waals surface area contributed by atoms with Crippen molar-refractivity contribution in [3.8, 4) is 0 Å². The van der Waals surface area contributed by atoms with E-state index in [0.29, 0.717) is 18.2 Å². The quantitative estimate of drug-likeness (QED) is 0.867. The molecule has 0 saturated carbocycles. The second kappa shape index (κ2) is 5.76. The highest BCUT2D eigenvalue weighted by atomic mass is 16.4. The zero-order chi connectivity index (χ0) is 14.0. The fourth-order valence-electron chi connectivity index (χ4n) is 2.52. The molecule has 0 bridgehead atoms. The first-order valence-corrected chi connectivity index (χ1v) is 6.89. The van der Waals surface area contributed by atoms with E-state index >= 15 is 0 Å². The van der Waals surface area contributed by atoms with Gasteiger partial charge in [0.05, 0.1) is 0 Å². The highest BCUT2D eigenvalue weighted by Gasteiger charge is 2.23. The van der Waals surface area contributed by atoms with Crippen LogP contribution in [0.5, 0.6) is 0 Å². The first-order chi connectivity index (χ1) is 9.01. The molecular formula is C16H23NO2. The molecule has 2 aromatic rings. The lowest BCUT2D eigenvalue weighted by molar-refractivity contribution is 0.0800. The standard InChI is InChI=1S/C16H23NO2/c1-10(2)6-13(9-17)16(18)15-8-12-7-11(3)4-5-14(12)19-15/h4-5,7-8,10,13,16,18H,6,9,17H2,1-3H3. The SMILES string of the molecule is Cc1ccc2oc(C(O)C(CN)CC(C)C)cc2c1. The first kappa shape index (κ1) is 14.1. The molecule has 3 heteroatoms. The maximum absolute atomic E-state index is 10.4. The number of aliphatic hydroxyl groups excluding tert-OH is 1. The summed E-state index contributed by atoms with van der Waals surface area (Å²) in [5.41, 5.74) is 7.78. The van der Waals surface area contributed by atoms with E-state index < -0.39 is 6.10 Å². The van der Waals surface area contributed by atoms with Gasteiger partial charge in [0.25, 0.3) is 0 Å². The van der Waals surface area contributed by atoms with Crippen LogP contribution in [0.1, 0.15) is 37.7 Å². The molecule has 19 heavy (non-hydrogen) atoms. The predicted octanol–water partition coefficient (Wildman–Crippen LogP) is 3.40. The number of aryl methyl sites for hydroxylation is 1. The van der Waals surface area contributed by atoms with Crippen molar-refractivity contribution in [1.82, 2.24) is 0 Å². The Morgan fingerprint density at radius 1 is 1.26 bits per heavy atom. The molecular weight excluding hydrogens is 238 g/mol. The van der Waals surface area contributed by atoms with Gasteiger partial charge in [-0.05, 0) is 44.0 Å². The lowest BCUT2D eigenvalue weighted by Crippen LogP contribution is -2.23. The fraction of sp³-hybridized carbons (Fsp3) is 0.500. The predicted molar refractivity (Wildman–Crippen MR) is 77.9 cm³/mol. The number of furan rings is 1. The summed E-state index contributed by atoms with van der Waals surface area (Å²) in [5, 5.41) is 11.5. The molecule has 2 unspecified atom stereocenters. The van der Waals surface area contributed by atoms with Crippen LogP contribution in [0.25, 0.3) is 11.0 Å². The Balaban J connectivity index is 2.27. The number of benzene rings is 1. The highest BCUT2D eigenvalue weighted by Crippen LogP contribution is 2.31. The van der Waals surface area contributed by atoms with Gasteiger partial charge < -0.3 is 15.3 Å². The molecule has 0 radical (unpaired) electrons. The zero-order valence-electron chi connectivity index (χ0n) is 11.9. The Labute approximate surface area is 114 Å². The lowest BCUT2D eigenvalue weighted by atomic mass is 9.91. The van der Waals surface area contributed by atoms with Crippen LogP contribution >= 0.6 is 0 Å². The van der Waals surface area contributed by atoms with Gasteiger partial charge in [0.2, 0.25) is 0 Å². The topological polar surface area (TPSA) is 59.4 Å². The molecule has 0 spiro atoms. The first-order valence-electron chi connectivity index (χ1n) is 6.89. The summed E-state index contributed by atoms with van der Waals surface area (Å²) < 4.78 is 5.74. The summed E-state index contributed by atoms with van der Waals surface area (Å²) >= 11 is 0. The van der Waals surface area contributed by atoms with Gasteiger partial charge in [-0.15, -0.1) is 0 Å². The number of hydrogen-bond acceptors (Lipinski definition) is 3. The highest BCUT2D eigenvalue weighted by molar-refractivity contribution is 5.78. The van der Waals surface area contributed by atoms with Crippen LogP contribution < -0.4 is 5.73 Å². The molecule has 1 aromatic carbocycles. The van der Waals surface area contributed by atoms with Gasteiger partial charge in [0.1, 0.15) is 17.4 Å². The normalized spacial score (nSPS) is 15.1. The average molecular weight is 261 g/mol. The Morgan fingerprint density at radius 3 is 2.63 bits per heavy atom. The molecule has 1 heterocycles. The van der Waals surface area contributed by atoms with Gasteiger partial charge in [0.15, 0.2) is 0 Å². The molecule has 0 aliphatic carbocycles.